The van der Waals surface area contributed by atoms with E-state index in [0.717, 1.165) is 29.9 Å². The molecular weight excluding hydrogens is 340 g/mol. The number of aromatic nitrogens is 2. The highest BCUT2D eigenvalue weighted by molar-refractivity contribution is 6.13. The van der Waals surface area contributed by atoms with E-state index < -0.39 is 0 Å². The van der Waals surface area contributed by atoms with Crippen molar-refractivity contribution in [2.45, 2.75) is 46.1 Å². The Balaban J connectivity index is 1.85. The molecule has 0 bridgehead atoms. The molecule has 1 aliphatic heterocycles. The van der Waals surface area contributed by atoms with Crippen molar-refractivity contribution in [3.8, 4) is 0 Å². The Bertz CT molecular complexity index is 905. The van der Waals surface area contributed by atoms with Crippen molar-refractivity contribution in [1.82, 2.24) is 9.97 Å². The Kier molecular flexibility index (Phi) is 4.42. The monoisotopic (exact) mass is 364 g/mol. The van der Waals surface area contributed by atoms with Crippen LogP contribution in [0.15, 0.2) is 30.6 Å². The first-order valence-corrected chi connectivity index (χ1v) is 9.53. The molecule has 0 aromatic carbocycles. The van der Waals surface area contributed by atoms with Gasteiger partial charge >= 0.3 is 0 Å². The van der Waals surface area contributed by atoms with Gasteiger partial charge in [0.15, 0.2) is 5.82 Å². The zero-order valence-corrected chi connectivity index (χ0v) is 16.0. The SMILES string of the molecule is Cc1ccnc2c1N(CCC(=O)C(C)C)C(=O)c1cccnc1N2C1CC1. The maximum atomic E-state index is 13.4. The number of hydrogen-bond acceptors (Lipinski definition) is 5. The van der Waals surface area contributed by atoms with Gasteiger partial charge in [-0.25, -0.2) is 9.97 Å². The van der Waals surface area contributed by atoms with Crippen LogP contribution in [0.2, 0.25) is 0 Å². The molecule has 0 radical (unpaired) electrons. The first-order chi connectivity index (χ1) is 13.0. The summed E-state index contributed by atoms with van der Waals surface area (Å²) in [7, 11) is 0. The summed E-state index contributed by atoms with van der Waals surface area (Å²) in [6, 6.07) is 5.84. The van der Waals surface area contributed by atoms with Gasteiger partial charge in [-0.15, -0.1) is 0 Å². The number of nitrogens with zero attached hydrogens (tertiary/aromatic N) is 4. The summed E-state index contributed by atoms with van der Waals surface area (Å²) in [6.45, 7) is 6.12. The summed E-state index contributed by atoms with van der Waals surface area (Å²) < 4.78 is 0. The molecule has 1 aliphatic carbocycles. The van der Waals surface area contributed by atoms with E-state index in [1.54, 1.807) is 23.4 Å². The van der Waals surface area contributed by atoms with Crippen molar-refractivity contribution in [2.75, 3.05) is 16.3 Å². The summed E-state index contributed by atoms with van der Waals surface area (Å²) in [5, 5.41) is 0. The van der Waals surface area contributed by atoms with Crippen LogP contribution in [-0.4, -0.2) is 34.2 Å². The molecule has 2 aliphatic rings. The number of Topliss-reactive ketones (excluding diaryl/α,β-unsaturated/α-hetero) is 1. The highest BCUT2D eigenvalue weighted by Gasteiger charge is 2.40. The van der Waals surface area contributed by atoms with Crippen LogP contribution in [0.25, 0.3) is 0 Å². The van der Waals surface area contributed by atoms with Crippen LogP contribution in [0.4, 0.5) is 17.3 Å². The van der Waals surface area contributed by atoms with Crippen molar-refractivity contribution in [2.24, 2.45) is 5.92 Å². The number of hydrogen-bond donors (Lipinski definition) is 0. The Morgan fingerprint density at radius 1 is 1.19 bits per heavy atom. The lowest BCUT2D eigenvalue weighted by molar-refractivity contribution is -0.121. The highest BCUT2D eigenvalue weighted by Crippen LogP contribution is 2.45. The molecule has 2 aromatic heterocycles. The molecule has 1 fully saturated rings. The van der Waals surface area contributed by atoms with Gasteiger partial charge in [0.05, 0.1) is 11.3 Å². The van der Waals surface area contributed by atoms with Crippen molar-refractivity contribution in [3.63, 3.8) is 0 Å². The van der Waals surface area contributed by atoms with Crippen molar-refractivity contribution in [3.05, 3.63) is 41.7 Å². The smallest absolute Gasteiger partial charge is 0.262 e. The van der Waals surface area contributed by atoms with Gasteiger partial charge in [0, 0.05) is 37.3 Å². The van der Waals surface area contributed by atoms with Gasteiger partial charge in [0.1, 0.15) is 11.6 Å². The van der Waals surface area contributed by atoms with Crippen LogP contribution in [0.3, 0.4) is 0 Å². The van der Waals surface area contributed by atoms with Gasteiger partial charge in [-0.05, 0) is 43.5 Å². The quantitative estimate of drug-likeness (QED) is 0.810. The predicted octanol–water partition coefficient (Wildman–Crippen LogP) is 3.66. The number of aryl methyl sites for hydroxylation is 1. The molecular formula is C21H24N4O2. The number of anilines is 3. The summed E-state index contributed by atoms with van der Waals surface area (Å²) in [5.74, 6) is 1.43. The van der Waals surface area contributed by atoms with E-state index in [0.29, 0.717) is 30.4 Å². The van der Waals surface area contributed by atoms with E-state index in [2.05, 4.69) is 14.9 Å². The average Bonchev–Trinajstić information content (AvgIpc) is 3.48. The summed E-state index contributed by atoms with van der Waals surface area (Å²) in [6.07, 6.45) is 5.95. The fourth-order valence-electron chi connectivity index (χ4n) is 3.55. The summed E-state index contributed by atoms with van der Waals surface area (Å²) in [5.41, 5.74) is 2.34. The van der Waals surface area contributed by atoms with Crippen LogP contribution < -0.4 is 9.80 Å². The molecule has 0 N–H and O–H groups in total. The molecule has 1 saturated carbocycles. The Labute approximate surface area is 159 Å². The van der Waals surface area contributed by atoms with E-state index >= 15 is 0 Å². The minimum Gasteiger partial charge on any atom is -0.305 e. The standard InChI is InChI=1S/C21H24N4O2/c1-13(2)17(26)9-12-24-18-14(3)8-11-23-20(18)25(15-6-7-15)19-16(21(24)27)5-4-10-22-19/h4-5,8,10-11,13,15H,6-7,9,12H2,1-3H3. The molecule has 0 atom stereocenters. The van der Waals surface area contributed by atoms with E-state index in [9.17, 15) is 9.59 Å². The second-order valence-corrected chi connectivity index (χ2v) is 7.60. The largest absolute Gasteiger partial charge is 0.305 e. The topological polar surface area (TPSA) is 66.4 Å². The van der Waals surface area contributed by atoms with Gasteiger partial charge in [-0.2, -0.15) is 0 Å². The number of carbonyl (C=O) groups is 2. The molecule has 3 heterocycles. The third-order valence-electron chi connectivity index (χ3n) is 5.23. The Morgan fingerprint density at radius 3 is 2.63 bits per heavy atom. The van der Waals surface area contributed by atoms with Gasteiger partial charge in [0.2, 0.25) is 0 Å². The lowest BCUT2D eigenvalue weighted by Gasteiger charge is -2.27. The number of carbonyl (C=O) groups excluding carboxylic acids is 2. The minimum atomic E-state index is -0.116. The first kappa shape index (κ1) is 17.6. The number of amides is 1. The molecule has 6 heteroatoms. The van der Waals surface area contributed by atoms with Gasteiger partial charge in [-0.1, -0.05) is 13.8 Å². The lowest BCUT2D eigenvalue weighted by Crippen LogP contribution is -2.33. The zero-order chi connectivity index (χ0) is 19.1. The van der Waals surface area contributed by atoms with Crippen LogP contribution in [0, 0.1) is 12.8 Å². The molecule has 0 spiro atoms. The van der Waals surface area contributed by atoms with Crippen molar-refractivity contribution >= 4 is 29.0 Å². The third kappa shape index (κ3) is 3.09. The number of pyridine rings is 2. The van der Waals surface area contributed by atoms with Crippen LogP contribution in [0.1, 0.15) is 49.0 Å². The second-order valence-electron chi connectivity index (χ2n) is 7.60. The molecule has 1 amide bonds. The number of fused-ring (bicyclic) bond motifs is 2. The molecule has 0 saturated heterocycles. The molecule has 4 rings (SSSR count). The molecule has 2 aromatic rings. The van der Waals surface area contributed by atoms with Gasteiger partial charge in [0.25, 0.3) is 5.91 Å². The highest BCUT2D eigenvalue weighted by atomic mass is 16.2. The van der Waals surface area contributed by atoms with Crippen LogP contribution in [-0.2, 0) is 4.79 Å². The normalized spacial score (nSPS) is 16.2. The van der Waals surface area contributed by atoms with E-state index in [1.807, 2.05) is 32.9 Å². The van der Waals surface area contributed by atoms with E-state index in [1.165, 1.54) is 0 Å². The van der Waals surface area contributed by atoms with Crippen molar-refractivity contribution in [1.29, 1.82) is 0 Å². The van der Waals surface area contributed by atoms with Crippen LogP contribution >= 0.6 is 0 Å². The van der Waals surface area contributed by atoms with Crippen LogP contribution in [0.5, 0.6) is 0 Å². The zero-order valence-electron chi connectivity index (χ0n) is 16.0. The summed E-state index contributed by atoms with van der Waals surface area (Å²) >= 11 is 0. The fraction of sp³-hybridized carbons (Fsp3) is 0.429. The third-order valence-corrected chi connectivity index (χ3v) is 5.23. The number of rotatable bonds is 5. The maximum absolute atomic E-state index is 13.4. The average molecular weight is 364 g/mol. The fourth-order valence-corrected chi connectivity index (χ4v) is 3.55. The maximum Gasteiger partial charge on any atom is 0.262 e. The van der Waals surface area contributed by atoms with E-state index in [-0.39, 0.29) is 17.6 Å². The first-order valence-electron chi connectivity index (χ1n) is 9.53. The molecule has 6 nitrogen and oxygen atoms in total. The summed E-state index contributed by atoms with van der Waals surface area (Å²) in [4.78, 5) is 38.7. The van der Waals surface area contributed by atoms with E-state index in [4.69, 9.17) is 0 Å². The van der Waals surface area contributed by atoms with Gasteiger partial charge in [-0.3, -0.25) is 9.59 Å². The predicted molar refractivity (Wildman–Crippen MR) is 105 cm³/mol. The second kappa shape index (κ2) is 6.76. The Hall–Kier alpha value is -2.76. The van der Waals surface area contributed by atoms with Crippen molar-refractivity contribution < 1.29 is 9.59 Å². The Morgan fingerprint density at radius 2 is 1.93 bits per heavy atom. The molecule has 27 heavy (non-hydrogen) atoms. The molecule has 140 valence electrons. The molecule has 0 unspecified atom stereocenters. The van der Waals surface area contributed by atoms with Gasteiger partial charge < -0.3 is 9.80 Å². The number of ketones is 1. The minimum absolute atomic E-state index is 0.0431. The lowest BCUT2D eigenvalue weighted by atomic mass is 10.1.